The molecule has 0 aliphatic rings. The molecule has 0 aliphatic carbocycles. The maximum Gasteiger partial charge on any atom is 0.251 e. The van der Waals surface area contributed by atoms with Crippen molar-refractivity contribution in [1.29, 1.82) is 0 Å². The van der Waals surface area contributed by atoms with Crippen molar-refractivity contribution in [3.8, 4) is 0 Å². The van der Waals surface area contributed by atoms with Gasteiger partial charge in [0, 0.05) is 22.1 Å². The average Bonchev–Trinajstić information content (AvgIpc) is 2.17. The van der Waals surface area contributed by atoms with E-state index in [2.05, 4.69) is 21.2 Å². The van der Waals surface area contributed by atoms with E-state index in [0.717, 1.165) is 10.0 Å². The van der Waals surface area contributed by atoms with Crippen LogP contribution >= 0.6 is 28.3 Å². The minimum Gasteiger partial charge on any atom is -0.350 e. The molecule has 0 aliphatic heterocycles. The smallest absolute Gasteiger partial charge is 0.251 e. The van der Waals surface area contributed by atoms with Crippen molar-refractivity contribution in [2.75, 3.05) is 6.54 Å². The summed E-state index contributed by atoms with van der Waals surface area (Å²) in [5.74, 6) is -0.0979. The third-order valence-corrected chi connectivity index (χ3v) is 2.99. The highest BCUT2D eigenvalue weighted by molar-refractivity contribution is 9.10. The standard InChI is InChI=1S/C12H17BrN2O.ClH/c1-8-4-5-9(6-10(8)13)11(16)15-7-12(2,3)14;/h4-6H,7,14H2,1-3H3,(H,15,16);1H. The van der Waals surface area contributed by atoms with E-state index in [1.54, 1.807) is 6.07 Å². The molecule has 17 heavy (non-hydrogen) atoms. The van der Waals surface area contributed by atoms with E-state index in [0.29, 0.717) is 12.1 Å². The van der Waals surface area contributed by atoms with Gasteiger partial charge in [0.05, 0.1) is 0 Å². The fraction of sp³-hybridized carbons (Fsp3) is 0.417. The number of rotatable bonds is 3. The number of nitrogens with two attached hydrogens (primary N) is 1. The van der Waals surface area contributed by atoms with Crippen LogP contribution in [0.5, 0.6) is 0 Å². The lowest BCUT2D eigenvalue weighted by atomic mass is 10.1. The Bertz CT molecular complexity index is 402. The molecule has 5 heteroatoms. The average molecular weight is 322 g/mol. The lowest BCUT2D eigenvalue weighted by molar-refractivity contribution is 0.0946. The molecule has 0 spiro atoms. The molecule has 0 aromatic heterocycles. The zero-order valence-electron chi connectivity index (χ0n) is 10.2. The van der Waals surface area contributed by atoms with Crippen LogP contribution in [0.1, 0.15) is 29.8 Å². The molecule has 1 aromatic rings. The molecule has 0 atom stereocenters. The van der Waals surface area contributed by atoms with Gasteiger partial charge < -0.3 is 11.1 Å². The summed E-state index contributed by atoms with van der Waals surface area (Å²) in [4.78, 5) is 11.8. The summed E-state index contributed by atoms with van der Waals surface area (Å²) in [5, 5.41) is 2.80. The molecule has 0 bridgehead atoms. The van der Waals surface area contributed by atoms with Gasteiger partial charge in [0.25, 0.3) is 5.91 Å². The van der Waals surface area contributed by atoms with Gasteiger partial charge in [-0.05, 0) is 38.5 Å². The maximum atomic E-state index is 11.8. The molecule has 0 saturated carbocycles. The van der Waals surface area contributed by atoms with E-state index in [9.17, 15) is 4.79 Å². The number of nitrogens with one attached hydrogen (secondary N) is 1. The molecule has 0 unspecified atom stereocenters. The Balaban J connectivity index is 0.00000256. The molecule has 0 radical (unpaired) electrons. The van der Waals surface area contributed by atoms with Gasteiger partial charge in [-0.3, -0.25) is 4.79 Å². The Hall–Kier alpha value is -0.580. The topological polar surface area (TPSA) is 55.1 Å². The van der Waals surface area contributed by atoms with Crippen LogP contribution in [-0.4, -0.2) is 18.0 Å². The highest BCUT2D eigenvalue weighted by Crippen LogP contribution is 2.17. The van der Waals surface area contributed by atoms with Crippen LogP contribution in [0.4, 0.5) is 0 Å². The number of halogens is 2. The van der Waals surface area contributed by atoms with Gasteiger partial charge in [-0.2, -0.15) is 0 Å². The second-order valence-corrected chi connectivity index (χ2v) is 5.49. The molecule has 0 fully saturated rings. The first-order chi connectivity index (χ1) is 7.29. The molecular weight excluding hydrogens is 304 g/mol. The second kappa shape index (κ2) is 6.38. The monoisotopic (exact) mass is 320 g/mol. The van der Waals surface area contributed by atoms with E-state index in [1.807, 2.05) is 32.9 Å². The highest BCUT2D eigenvalue weighted by atomic mass is 79.9. The van der Waals surface area contributed by atoms with Crippen LogP contribution in [0.15, 0.2) is 22.7 Å². The molecular formula is C12H18BrClN2O. The first-order valence-corrected chi connectivity index (χ1v) is 5.92. The van der Waals surface area contributed by atoms with Gasteiger partial charge in [0.2, 0.25) is 0 Å². The number of carbonyl (C=O) groups is 1. The first kappa shape index (κ1) is 16.4. The summed E-state index contributed by atoms with van der Waals surface area (Å²) in [5.41, 5.74) is 7.15. The molecule has 3 N–H and O–H groups in total. The normalized spacial score (nSPS) is 10.6. The molecule has 96 valence electrons. The van der Waals surface area contributed by atoms with Crippen molar-refractivity contribution in [2.45, 2.75) is 26.3 Å². The van der Waals surface area contributed by atoms with Crippen LogP contribution in [0.25, 0.3) is 0 Å². The van der Waals surface area contributed by atoms with E-state index in [-0.39, 0.29) is 18.3 Å². The Morgan fingerprint density at radius 3 is 2.53 bits per heavy atom. The fourth-order valence-corrected chi connectivity index (χ4v) is 1.52. The molecule has 1 aromatic carbocycles. The minimum atomic E-state index is -0.391. The number of aryl methyl sites for hydroxylation is 1. The number of hydrogen-bond donors (Lipinski definition) is 2. The minimum absolute atomic E-state index is 0. The van der Waals surface area contributed by atoms with Gasteiger partial charge in [-0.1, -0.05) is 22.0 Å². The Morgan fingerprint density at radius 2 is 2.06 bits per heavy atom. The summed E-state index contributed by atoms with van der Waals surface area (Å²) >= 11 is 3.40. The summed E-state index contributed by atoms with van der Waals surface area (Å²) in [6, 6.07) is 5.53. The lowest BCUT2D eigenvalue weighted by Gasteiger charge is -2.18. The summed E-state index contributed by atoms with van der Waals surface area (Å²) in [7, 11) is 0. The molecule has 1 rings (SSSR count). The van der Waals surface area contributed by atoms with E-state index in [4.69, 9.17) is 5.73 Å². The van der Waals surface area contributed by atoms with Gasteiger partial charge in [-0.25, -0.2) is 0 Å². The van der Waals surface area contributed by atoms with Crippen molar-refractivity contribution < 1.29 is 4.79 Å². The fourth-order valence-electron chi connectivity index (χ4n) is 1.14. The third-order valence-electron chi connectivity index (χ3n) is 2.14. The van der Waals surface area contributed by atoms with Crippen molar-refractivity contribution in [2.24, 2.45) is 5.73 Å². The second-order valence-electron chi connectivity index (χ2n) is 4.64. The van der Waals surface area contributed by atoms with Crippen LogP contribution < -0.4 is 11.1 Å². The molecule has 0 heterocycles. The Morgan fingerprint density at radius 1 is 1.47 bits per heavy atom. The summed E-state index contributed by atoms with van der Waals surface area (Å²) in [6.45, 7) is 6.18. The van der Waals surface area contributed by atoms with E-state index in [1.165, 1.54) is 0 Å². The van der Waals surface area contributed by atoms with Crippen molar-refractivity contribution in [1.82, 2.24) is 5.32 Å². The van der Waals surface area contributed by atoms with Gasteiger partial charge >= 0.3 is 0 Å². The number of carbonyl (C=O) groups excluding carboxylic acids is 1. The quantitative estimate of drug-likeness (QED) is 0.899. The van der Waals surface area contributed by atoms with Crippen LogP contribution in [0, 0.1) is 6.92 Å². The van der Waals surface area contributed by atoms with Crippen molar-refractivity contribution in [3.63, 3.8) is 0 Å². The van der Waals surface area contributed by atoms with Gasteiger partial charge in [-0.15, -0.1) is 12.4 Å². The predicted octanol–water partition coefficient (Wildman–Crippen LogP) is 2.65. The van der Waals surface area contributed by atoms with Crippen LogP contribution in [0.2, 0.25) is 0 Å². The summed E-state index contributed by atoms with van der Waals surface area (Å²) in [6.07, 6.45) is 0. The molecule has 0 saturated heterocycles. The van der Waals surface area contributed by atoms with Crippen molar-refractivity contribution in [3.05, 3.63) is 33.8 Å². The maximum absolute atomic E-state index is 11.8. The Labute approximate surface area is 117 Å². The summed E-state index contributed by atoms with van der Waals surface area (Å²) < 4.78 is 0.937. The van der Waals surface area contributed by atoms with Crippen molar-refractivity contribution >= 4 is 34.2 Å². The van der Waals surface area contributed by atoms with Gasteiger partial charge in [0.1, 0.15) is 0 Å². The van der Waals surface area contributed by atoms with Crippen LogP contribution in [-0.2, 0) is 0 Å². The van der Waals surface area contributed by atoms with E-state index < -0.39 is 5.54 Å². The first-order valence-electron chi connectivity index (χ1n) is 5.13. The molecule has 1 amide bonds. The zero-order valence-corrected chi connectivity index (χ0v) is 12.6. The zero-order chi connectivity index (χ0) is 12.3. The number of amides is 1. The predicted molar refractivity (Wildman–Crippen MR) is 76.7 cm³/mol. The van der Waals surface area contributed by atoms with E-state index >= 15 is 0 Å². The highest BCUT2D eigenvalue weighted by Gasteiger charge is 2.13. The lowest BCUT2D eigenvalue weighted by Crippen LogP contribution is -2.45. The SMILES string of the molecule is Cc1ccc(C(=O)NCC(C)(C)N)cc1Br.Cl. The number of hydrogen-bond acceptors (Lipinski definition) is 2. The largest absolute Gasteiger partial charge is 0.350 e. The number of benzene rings is 1. The van der Waals surface area contributed by atoms with Crippen LogP contribution in [0.3, 0.4) is 0 Å². The Kier molecular flexibility index (Phi) is 6.16. The molecule has 3 nitrogen and oxygen atoms in total. The third kappa shape index (κ3) is 5.52. The van der Waals surface area contributed by atoms with Gasteiger partial charge in [0.15, 0.2) is 0 Å².